The van der Waals surface area contributed by atoms with Gasteiger partial charge in [-0.3, -0.25) is 4.79 Å². The lowest BCUT2D eigenvalue weighted by Gasteiger charge is -2.15. The molecule has 0 fully saturated rings. The summed E-state index contributed by atoms with van der Waals surface area (Å²) in [5.41, 5.74) is 2.17. The Kier molecular flexibility index (Phi) is 6.87. The minimum atomic E-state index is -4.07. The number of carbonyl (C=O) groups excluding carboxylic acids is 1. The molecule has 0 bridgehead atoms. The fourth-order valence-electron chi connectivity index (χ4n) is 2.50. The first-order chi connectivity index (χ1) is 12.8. The number of benzene rings is 2. The predicted octanol–water partition coefficient (Wildman–Crippen LogP) is 3.34. The Bertz CT molecular complexity index is 925. The van der Waals surface area contributed by atoms with Crippen LogP contribution in [0, 0.1) is 5.82 Å². The zero-order valence-corrected chi connectivity index (χ0v) is 16.1. The molecule has 2 rings (SSSR count). The molecule has 0 heterocycles. The minimum Gasteiger partial charge on any atom is -0.346 e. The highest BCUT2D eigenvalue weighted by molar-refractivity contribution is 7.89. The molecule has 2 aromatic carbocycles. The molecular formula is C20H23FN2O3S. The average Bonchev–Trinajstić information content (AvgIpc) is 2.66. The summed E-state index contributed by atoms with van der Waals surface area (Å²) in [5, 5.41) is 2.80. The SMILES string of the molecule is C=CCNS(=O)(=O)c1cc(C(=O)NC(C)c2ccc(CC)cc2)ccc1F. The first-order valence-electron chi connectivity index (χ1n) is 8.58. The monoisotopic (exact) mass is 390 g/mol. The predicted molar refractivity (Wildman–Crippen MR) is 103 cm³/mol. The smallest absolute Gasteiger partial charge is 0.251 e. The van der Waals surface area contributed by atoms with Gasteiger partial charge in [-0.1, -0.05) is 37.3 Å². The van der Waals surface area contributed by atoms with E-state index in [0.717, 1.165) is 24.1 Å². The second-order valence-electron chi connectivity index (χ2n) is 6.08. The van der Waals surface area contributed by atoms with E-state index in [9.17, 15) is 17.6 Å². The topological polar surface area (TPSA) is 75.3 Å². The number of carbonyl (C=O) groups is 1. The van der Waals surface area contributed by atoms with Crippen molar-refractivity contribution >= 4 is 15.9 Å². The number of nitrogens with one attached hydrogen (secondary N) is 2. The van der Waals surface area contributed by atoms with Gasteiger partial charge in [0.25, 0.3) is 5.91 Å². The number of hydrogen-bond acceptors (Lipinski definition) is 3. The van der Waals surface area contributed by atoms with Crippen molar-refractivity contribution in [1.29, 1.82) is 0 Å². The Hall–Kier alpha value is -2.51. The highest BCUT2D eigenvalue weighted by Gasteiger charge is 2.21. The fraction of sp³-hybridized carbons (Fsp3) is 0.250. The Balaban J connectivity index is 2.20. The Morgan fingerprint density at radius 2 is 1.89 bits per heavy atom. The number of aryl methyl sites for hydroxylation is 1. The zero-order valence-electron chi connectivity index (χ0n) is 15.3. The highest BCUT2D eigenvalue weighted by Crippen LogP contribution is 2.18. The molecule has 1 atom stereocenters. The summed E-state index contributed by atoms with van der Waals surface area (Å²) < 4.78 is 40.5. The lowest BCUT2D eigenvalue weighted by molar-refractivity contribution is 0.0939. The molecule has 27 heavy (non-hydrogen) atoms. The van der Waals surface area contributed by atoms with E-state index in [1.807, 2.05) is 31.2 Å². The van der Waals surface area contributed by atoms with Crippen LogP contribution < -0.4 is 10.0 Å². The van der Waals surface area contributed by atoms with E-state index < -0.39 is 26.6 Å². The Morgan fingerprint density at radius 3 is 2.48 bits per heavy atom. The maximum Gasteiger partial charge on any atom is 0.251 e. The van der Waals surface area contributed by atoms with Crippen LogP contribution in [-0.2, 0) is 16.4 Å². The molecule has 0 spiro atoms. The maximum atomic E-state index is 14.0. The summed E-state index contributed by atoms with van der Waals surface area (Å²) in [5.74, 6) is -1.41. The van der Waals surface area contributed by atoms with Gasteiger partial charge in [0.05, 0.1) is 6.04 Å². The Morgan fingerprint density at radius 1 is 1.22 bits per heavy atom. The third-order valence-electron chi connectivity index (χ3n) is 4.14. The lowest BCUT2D eigenvalue weighted by Crippen LogP contribution is -2.28. The molecule has 5 nitrogen and oxygen atoms in total. The summed E-state index contributed by atoms with van der Waals surface area (Å²) in [7, 11) is -4.07. The van der Waals surface area contributed by atoms with Gasteiger partial charge >= 0.3 is 0 Å². The first kappa shape index (κ1) is 20.8. The molecule has 0 aromatic heterocycles. The minimum absolute atomic E-state index is 0.0387. The van der Waals surface area contributed by atoms with Crippen LogP contribution in [0.3, 0.4) is 0 Å². The van der Waals surface area contributed by atoms with Crippen LogP contribution in [0.5, 0.6) is 0 Å². The molecule has 0 radical (unpaired) electrons. The van der Waals surface area contributed by atoms with Crippen molar-refractivity contribution in [2.45, 2.75) is 31.2 Å². The molecule has 7 heteroatoms. The summed E-state index contributed by atoms with van der Waals surface area (Å²) in [4.78, 5) is 11.9. The van der Waals surface area contributed by atoms with Crippen molar-refractivity contribution < 1.29 is 17.6 Å². The molecule has 0 aliphatic heterocycles. The van der Waals surface area contributed by atoms with E-state index >= 15 is 0 Å². The average molecular weight is 390 g/mol. The number of hydrogen-bond donors (Lipinski definition) is 2. The van der Waals surface area contributed by atoms with Gasteiger partial charge in [0, 0.05) is 12.1 Å². The van der Waals surface area contributed by atoms with Crippen molar-refractivity contribution in [3.63, 3.8) is 0 Å². The van der Waals surface area contributed by atoms with Crippen LogP contribution in [0.15, 0.2) is 60.0 Å². The van der Waals surface area contributed by atoms with Gasteiger partial charge < -0.3 is 5.32 Å². The number of halogens is 1. The van der Waals surface area contributed by atoms with Gasteiger partial charge in [-0.25, -0.2) is 17.5 Å². The summed E-state index contributed by atoms with van der Waals surface area (Å²) in [6.45, 7) is 7.26. The molecule has 0 aliphatic carbocycles. The highest BCUT2D eigenvalue weighted by atomic mass is 32.2. The standard InChI is InChI=1S/C20H23FN2O3S/c1-4-12-22-27(25,26)19-13-17(10-11-18(19)21)20(24)23-14(3)16-8-6-15(5-2)7-9-16/h4,6-11,13-14,22H,1,5,12H2,2-3H3,(H,23,24). The first-order valence-corrected chi connectivity index (χ1v) is 10.1. The van der Waals surface area contributed by atoms with E-state index in [4.69, 9.17) is 0 Å². The second kappa shape index (κ2) is 8.92. The van der Waals surface area contributed by atoms with E-state index in [1.54, 1.807) is 0 Å². The summed E-state index contributed by atoms with van der Waals surface area (Å²) in [6.07, 6.45) is 2.27. The molecular weight excluding hydrogens is 367 g/mol. The van der Waals surface area contributed by atoms with Gasteiger partial charge in [0.15, 0.2) is 0 Å². The van der Waals surface area contributed by atoms with E-state index in [-0.39, 0.29) is 18.2 Å². The second-order valence-corrected chi connectivity index (χ2v) is 7.81. The van der Waals surface area contributed by atoms with E-state index in [2.05, 4.69) is 23.5 Å². The van der Waals surface area contributed by atoms with Gasteiger partial charge in [-0.15, -0.1) is 6.58 Å². The van der Waals surface area contributed by atoms with Crippen LogP contribution in [0.1, 0.15) is 41.4 Å². The van der Waals surface area contributed by atoms with Crippen LogP contribution in [0.25, 0.3) is 0 Å². The van der Waals surface area contributed by atoms with Crippen molar-refractivity contribution in [2.24, 2.45) is 0 Å². The van der Waals surface area contributed by atoms with Crippen LogP contribution >= 0.6 is 0 Å². The van der Waals surface area contributed by atoms with Gasteiger partial charge in [0.2, 0.25) is 10.0 Å². The van der Waals surface area contributed by atoms with Gasteiger partial charge in [-0.05, 0) is 42.7 Å². The number of amides is 1. The van der Waals surface area contributed by atoms with Crippen molar-refractivity contribution in [3.8, 4) is 0 Å². The third-order valence-corrected chi connectivity index (χ3v) is 5.57. The molecule has 1 unspecified atom stereocenters. The zero-order chi connectivity index (χ0) is 20.0. The van der Waals surface area contributed by atoms with Crippen molar-refractivity contribution in [1.82, 2.24) is 10.0 Å². The largest absolute Gasteiger partial charge is 0.346 e. The third kappa shape index (κ3) is 5.24. The van der Waals surface area contributed by atoms with Crippen molar-refractivity contribution in [2.75, 3.05) is 6.54 Å². The number of sulfonamides is 1. The normalized spacial score (nSPS) is 12.4. The molecule has 0 saturated heterocycles. The fourth-order valence-corrected chi connectivity index (χ4v) is 3.60. The molecule has 2 N–H and O–H groups in total. The van der Waals surface area contributed by atoms with Crippen LogP contribution in [0.4, 0.5) is 4.39 Å². The lowest BCUT2D eigenvalue weighted by atomic mass is 10.0. The van der Waals surface area contributed by atoms with Crippen LogP contribution in [0.2, 0.25) is 0 Å². The molecule has 0 aliphatic rings. The Labute approximate surface area is 159 Å². The summed E-state index contributed by atoms with van der Waals surface area (Å²) >= 11 is 0. The van der Waals surface area contributed by atoms with Crippen LogP contribution in [-0.4, -0.2) is 20.9 Å². The van der Waals surface area contributed by atoms with E-state index in [0.29, 0.717) is 0 Å². The maximum absolute atomic E-state index is 14.0. The molecule has 0 saturated carbocycles. The molecule has 144 valence electrons. The quantitative estimate of drug-likeness (QED) is 0.679. The van der Waals surface area contributed by atoms with Crippen molar-refractivity contribution in [3.05, 3.63) is 77.6 Å². The molecule has 2 aromatic rings. The summed E-state index contributed by atoms with van der Waals surface area (Å²) in [6, 6.07) is 10.8. The number of rotatable bonds is 8. The van der Waals surface area contributed by atoms with Gasteiger partial charge in [-0.2, -0.15) is 0 Å². The van der Waals surface area contributed by atoms with E-state index in [1.165, 1.54) is 17.7 Å². The molecule has 1 amide bonds. The van der Waals surface area contributed by atoms with Gasteiger partial charge in [0.1, 0.15) is 10.7 Å².